The summed E-state index contributed by atoms with van der Waals surface area (Å²) < 4.78 is 6.34. The van der Waals surface area contributed by atoms with Crippen molar-refractivity contribution in [3.05, 3.63) is 12.6 Å². The highest BCUT2D eigenvalue weighted by molar-refractivity contribution is 4.64. The first-order valence-electron chi connectivity index (χ1n) is 1.73. The quantitative estimate of drug-likeness (QED) is 0.426. The minimum absolute atomic E-state index is 0.476. The minimum Gasteiger partial charge on any atom is -0.327 e. The van der Waals surface area contributed by atoms with E-state index in [1.165, 1.54) is 6.55 Å². The van der Waals surface area contributed by atoms with Crippen molar-refractivity contribution in [2.24, 2.45) is 5.73 Å². The fourth-order valence-electron chi connectivity index (χ4n) is 0. The number of hydrogen-bond donors (Lipinski definition) is 1. The Hall–Kier alpha value is -0.300. The van der Waals surface area contributed by atoms with E-state index in [1.54, 1.807) is 6.08 Å². The van der Waals surface area contributed by atoms with Crippen molar-refractivity contribution in [3.63, 3.8) is 0 Å². The van der Waals surface area contributed by atoms with Crippen LogP contribution in [0.15, 0.2) is 12.6 Å². The van der Waals surface area contributed by atoms with Gasteiger partial charge in [-0.2, -0.15) is 0 Å². The molecule has 24 valence electrons. The molecule has 1 heteroatoms. The van der Waals surface area contributed by atoms with Gasteiger partial charge in [0.1, 0.15) is 0 Å². The zero-order valence-electron chi connectivity index (χ0n) is 3.44. The molecule has 0 aromatic rings. The lowest BCUT2D eigenvalue weighted by molar-refractivity contribution is 1.26. The molecule has 0 unspecified atom stereocenters. The number of rotatable bonds is 1. The molecule has 1 nitrogen and oxygen atoms in total. The van der Waals surface area contributed by atoms with Crippen LogP contribution >= 0.6 is 0 Å². The van der Waals surface area contributed by atoms with E-state index in [4.69, 9.17) is 7.10 Å². The van der Waals surface area contributed by atoms with Crippen LogP contribution in [0.5, 0.6) is 0 Å². The minimum atomic E-state index is 0.476. The first-order chi connectivity index (χ1) is 2.41. The molecule has 0 aliphatic heterocycles. The molecule has 0 fully saturated rings. The lowest BCUT2D eigenvalue weighted by atomic mass is 10.7. The van der Waals surface area contributed by atoms with Gasteiger partial charge >= 0.3 is 0 Å². The SMILES string of the molecule is [2H]/C=C/CN. The van der Waals surface area contributed by atoms with Crippen LogP contribution in [0, 0.1) is 0 Å². The summed E-state index contributed by atoms with van der Waals surface area (Å²) in [4.78, 5) is 0. The molecule has 2 N–H and O–H groups in total. The maximum atomic E-state index is 6.34. The van der Waals surface area contributed by atoms with Crippen LogP contribution in [0.1, 0.15) is 1.37 Å². The zero-order chi connectivity index (χ0) is 4.12. The van der Waals surface area contributed by atoms with E-state index >= 15 is 0 Å². The summed E-state index contributed by atoms with van der Waals surface area (Å²) >= 11 is 0. The van der Waals surface area contributed by atoms with E-state index in [-0.39, 0.29) is 0 Å². The van der Waals surface area contributed by atoms with Crippen molar-refractivity contribution in [2.45, 2.75) is 0 Å². The van der Waals surface area contributed by atoms with Crippen LogP contribution in [0.3, 0.4) is 0 Å². The molecule has 0 aliphatic rings. The lowest BCUT2D eigenvalue weighted by Crippen LogP contribution is -1.90. The second-order valence-corrected chi connectivity index (χ2v) is 0.471. The van der Waals surface area contributed by atoms with Gasteiger partial charge in [0.15, 0.2) is 0 Å². The fourth-order valence-corrected chi connectivity index (χ4v) is 0. The summed E-state index contributed by atoms with van der Waals surface area (Å²) in [6, 6.07) is 0. The Bertz CT molecular complexity index is 33.9. The Morgan fingerprint density at radius 3 is 3.25 bits per heavy atom. The molecule has 0 saturated heterocycles. The smallest absolute Gasteiger partial charge is 0.0535 e. The molecule has 4 heavy (non-hydrogen) atoms. The molecule has 0 saturated carbocycles. The van der Waals surface area contributed by atoms with Crippen molar-refractivity contribution in [1.29, 1.82) is 0 Å². The van der Waals surface area contributed by atoms with E-state index in [0.29, 0.717) is 6.54 Å². The van der Waals surface area contributed by atoms with Crippen molar-refractivity contribution in [3.8, 4) is 0 Å². The largest absolute Gasteiger partial charge is 0.327 e. The van der Waals surface area contributed by atoms with Crippen molar-refractivity contribution >= 4 is 0 Å². The van der Waals surface area contributed by atoms with Gasteiger partial charge in [-0.1, -0.05) is 6.08 Å². The Balaban J connectivity index is 2.62. The highest BCUT2D eigenvalue weighted by Crippen LogP contribution is 1.40. The van der Waals surface area contributed by atoms with Gasteiger partial charge in [0, 0.05) is 6.54 Å². The first-order valence-corrected chi connectivity index (χ1v) is 1.15. The van der Waals surface area contributed by atoms with E-state index in [9.17, 15) is 0 Å². The van der Waals surface area contributed by atoms with E-state index in [1.807, 2.05) is 0 Å². The van der Waals surface area contributed by atoms with Crippen LogP contribution in [0.2, 0.25) is 0 Å². The third-order valence-electron chi connectivity index (χ3n) is 0.136. The van der Waals surface area contributed by atoms with Gasteiger partial charge in [-0.15, -0.1) is 6.55 Å². The normalized spacial score (nSPS) is 12.8. The van der Waals surface area contributed by atoms with Gasteiger partial charge in [0.2, 0.25) is 0 Å². The molecule has 0 bridgehead atoms. The maximum absolute atomic E-state index is 6.34. The van der Waals surface area contributed by atoms with E-state index < -0.39 is 0 Å². The molecule has 0 radical (unpaired) electrons. The Labute approximate surface area is 27.5 Å². The molecular weight excluding hydrogens is 50.0 g/mol. The Morgan fingerprint density at radius 2 is 3.25 bits per heavy atom. The maximum Gasteiger partial charge on any atom is 0.0535 e. The van der Waals surface area contributed by atoms with Gasteiger partial charge < -0.3 is 5.73 Å². The van der Waals surface area contributed by atoms with Crippen molar-refractivity contribution in [1.82, 2.24) is 0 Å². The van der Waals surface area contributed by atoms with Crippen LogP contribution in [0.4, 0.5) is 0 Å². The molecule has 0 spiro atoms. The van der Waals surface area contributed by atoms with Crippen LogP contribution in [-0.4, -0.2) is 6.54 Å². The number of hydrogen-bond acceptors (Lipinski definition) is 1. The molecule has 0 aliphatic carbocycles. The third-order valence-corrected chi connectivity index (χ3v) is 0.136. The van der Waals surface area contributed by atoms with Gasteiger partial charge in [0.25, 0.3) is 0 Å². The van der Waals surface area contributed by atoms with Crippen LogP contribution in [0.25, 0.3) is 0 Å². The molecule has 0 amide bonds. The molecule has 0 atom stereocenters. The van der Waals surface area contributed by atoms with Crippen LogP contribution in [-0.2, 0) is 0 Å². The highest BCUT2D eigenvalue weighted by atomic mass is 14.5. The summed E-state index contributed by atoms with van der Waals surface area (Å²) in [7, 11) is 0. The summed E-state index contributed by atoms with van der Waals surface area (Å²) in [6.07, 6.45) is 1.57. The van der Waals surface area contributed by atoms with Gasteiger partial charge in [-0.05, 0) is 0 Å². The third kappa shape index (κ3) is 1.70. The van der Waals surface area contributed by atoms with Crippen molar-refractivity contribution < 1.29 is 1.37 Å². The van der Waals surface area contributed by atoms with E-state index in [2.05, 4.69) is 0 Å². The topological polar surface area (TPSA) is 26.0 Å². The summed E-state index contributed by atoms with van der Waals surface area (Å²) in [6.45, 7) is 1.66. The molecule has 0 aromatic heterocycles. The Kier molecular flexibility index (Phi) is 1.33. The molecule has 0 rings (SSSR count). The average molecular weight is 58.1 g/mol. The predicted molar refractivity (Wildman–Crippen MR) is 19.3 cm³/mol. The molecule has 0 heterocycles. The highest BCUT2D eigenvalue weighted by Gasteiger charge is 1.43. The summed E-state index contributed by atoms with van der Waals surface area (Å²) in [5.41, 5.74) is 4.93. The fraction of sp³-hybridized carbons (Fsp3) is 0.333. The zero-order valence-corrected chi connectivity index (χ0v) is 2.44. The average Bonchev–Trinajstić information content (AvgIpc) is 1.41. The van der Waals surface area contributed by atoms with Gasteiger partial charge in [-0.25, -0.2) is 0 Å². The summed E-state index contributed by atoms with van der Waals surface area (Å²) in [5.74, 6) is 0. The number of nitrogens with two attached hydrogens (primary N) is 1. The first kappa shape index (κ1) is 1.97. The monoisotopic (exact) mass is 58.1 g/mol. The van der Waals surface area contributed by atoms with E-state index in [0.717, 1.165) is 0 Å². The lowest BCUT2D eigenvalue weighted by Gasteiger charge is -1.61. The summed E-state index contributed by atoms with van der Waals surface area (Å²) in [5, 5.41) is 0. The second kappa shape index (κ2) is 2.70. The van der Waals surface area contributed by atoms with Gasteiger partial charge in [-0.3, -0.25) is 0 Å². The van der Waals surface area contributed by atoms with Crippen molar-refractivity contribution in [2.75, 3.05) is 6.54 Å². The van der Waals surface area contributed by atoms with Crippen LogP contribution < -0.4 is 5.73 Å². The second-order valence-electron chi connectivity index (χ2n) is 0.471. The van der Waals surface area contributed by atoms with Gasteiger partial charge in [0.05, 0.1) is 1.37 Å². The molecule has 0 aromatic carbocycles. The molecular formula is C3H7N. The predicted octanol–water partition coefficient (Wildman–Crippen LogP) is 0.131. The standard InChI is InChI=1S/C3H7N/c1-2-3-4/h2H,1,3-4H2/i1D/b2-1+. The Morgan fingerprint density at radius 1 is 2.50 bits per heavy atom.